The summed E-state index contributed by atoms with van der Waals surface area (Å²) in [4.78, 5) is 11.7. The molecule has 0 bridgehead atoms. The third-order valence-corrected chi connectivity index (χ3v) is 4.45. The van der Waals surface area contributed by atoms with Gasteiger partial charge in [0.1, 0.15) is 0 Å². The van der Waals surface area contributed by atoms with Crippen LogP contribution in [0.1, 0.15) is 59.8 Å². The zero-order valence-electron chi connectivity index (χ0n) is 13.2. The maximum Gasteiger partial charge on any atom is 0.234 e. The summed E-state index contributed by atoms with van der Waals surface area (Å²) in [5.74, 6) is 2.38. The van der Waals surface area contributed by atoms with E-state index < -0.39 is 0 Å². The van der Waals surface area contributed by atoms with Crippen LogP contribution >= 0.6 is 0 Å². The minimum atomic E-state index is 0.123. The molecule has 3 atom stereocenters. The van der Waals surface area contributed by atoms with E-state index >= 15 is 0 Å². The summed E-state index contributed by atoms with van der Waals surface area (Å²) < 4.78 is 0. The molecule has 2 N–H and O–H groups in total. The summed E-state index contributed by atoms with van der Waals surface area (Å²) in [5, 5.41) is 6.30. The van der Waals surface area contributed by atoms with Gasteiger partial charge in [-0.1, -0.05) is 40.0 Å². The molecular weight excluding hydrogens is 236 g/mol. The van der Waals surface area contributed by atoms with E-state index in [1.807, 2.05) is 0 Å². The molecule has 1 saturated carbocycles. The zero-order chi connectivity index (χ0) is 14.3. The molecule has 0 aromatic carbocycles. The van der Waals surface area contributed by atoms with Crippen molar-refractivity contribution in [3.05, 3.63) is 0 Å². The van der Waals surface area contributed by atoms with Crippen LogP contribution in [0.5, 0.6) is 0 Å². The van der Waals surface area contributed by atoms with Crippen LogP contribution in [0.3, 0.4) is 0 Å². The molecule has 3 nitrogen and oxygen atoms in total. The standard InChI is InChI=1S/C16H32N2O/c1-12(2)14(4)18-16(19)11-17-9-8-15-7-5-6-13(3)10-15/h12-15,17H,5-11H2,1-4H3,(H,18,19). The van der Waals surface area contributed by atoms with Crippen LogP contribution in [-0.2, 0) is 4.79 Å². The average molecular weight is 268 g/mol. The van der Waals surface area contributed by atoms with Gasteiger partial charge in [0.2, 0.25) is 5.91 Å². The predicted molar refractivity (Wildman–Crippen MR) is 81.1 cm³/mol. The van der Waals surface area contributed by atoms with Crippen LogP contribution in [0.15, 0.2) is 0 Å². The van der Waals surface area contributed by atoms with Gasteiger partial charge in [0.15, 0.2) is 0 Å². The SMILES string of the molecule is CC1CCCC(CCNCC(=O)NC(C)C(C)C)C1. The van der Waals surface area contributed by atoms with Crippen molar-refractivity contribution in [2.45, 2.75) is 65.8 Å². The van der Waals surface area contributed by atoms with E-state index in [2.05, 4.69) is 38.3 Å². The number of carbonyl (C=O) groups excluding carboxylic acids is 1. The van der Waals surface area contributed by atoms with Crippen molar-refractivity contribution in [2.75, 3.05) is 13.1 Å². The lowest BCUT2D eigenvalue weighted by atomic mass is 9.81. The van der Waals surface area contributed by atoms with Gasteiger partial charge in [-0.15, -0.1) is 0 Å². The van der Waals surface area contributed by atoms with Gasteiger partial charge >= 0.3 is 0 Å². The van der Waals surface area contributed by atoms with E-state index in [0.717, 1.165) is 18.4 Å². The fraction of sp³-hybridized carbons (Fsp3) is 0.938. The largest absolute Gasteiger partial charge is 0.352 e. The summed E-state index contributed by atoms with van der Waals surface area (Å²) >= 11 is 0. The first-order valence-corrected chi connectivity index (χ1v) is 7.99. The van der Waals surface area contributed by atoms with Crippen LogP contribution in [0.25, 0.3) is 0 Å². The highest BCUT2D eigenvalue weighted by Gasteiger charge is 2.18. The van der Waals surface area contributed by atoms with E-state index in [1.165, 1.54) is 32.1 Å². The molecule has 3 heteroatoms. The van der Waals surface area contributed by atoms with Crippen molar-refractivity contribution in [1.29, 1.82) is 0 Å². The average Bonchev–Trinajstić information content (AvgIpc) is 2.34. The van der Waals surface area contributed by atoms with Crippen molar-refractivity contribution >= 4 is 5.91 Å². The number of rotatable bonds is 7. The van der Waals surface area contributed by atoms with Crippen LogP contribution in [0.4, 0.5) is 0 Å². The third-order valence-electron chi connectivity index (χ3n) is 4.45. The first kappa shape index (κ1) is 16.5. The van der Waals surface area contributed by atoms with Crippen LogP contribution in [0, 0.1) is 17.8 Å². The molecule has 3 unspecified atom stereocenters. The Hall–Kier alpha value is -0.570. The molecular formula is C16H32N2O. The molecule has 0 aromatic rings. The summed E-state index contributed by atoms with van der Waals surface area (Å²) in [6, 6.07) is 0.258. The number of hydrogen-bond acceptors (Lipinski definition) is 2. The number of amides is 1. The molecule has 1 aliphatic rings. The molecule has 0 radical (unpaired) electrons. The molecule has 0 aromatic heterocycles. The lowest BCUT2D eigenvalue weighted by Crippen LogP contribution is -2.41. The van der Waals surface area contributed by atoms with E-state index in [1.54, 1.807) is 0 Å². The second-order valence-electron chi connectivity index (χ2n) is 6.70. The lowest BCUT2D eigenvalue weighted by Gasteiger charge is -2.26. The maximum absolute atomic E-state index is 11.7. The summed E-state index contributed by atoms with van der Waals surface area (Å²) in [6.45, 7) is 10.1. The molecule has 0 spiro atoms. The fourth-order valence-corrected chi connectivity index (χ4v) is 2.80. The van der Waals surface area contributed by atoms with E-state index in [0.29, 0.717) is 12.5 Å². The zero-order valence-corrected chi connectivity index (χ0v) is 13.2. The van der Waals surface area contributed by atoms with E-state index in [-0.39, 0.29) is 11.9 Å². The number of hydrogen-bond donors (Lipinski definition) is 2. The molecule has 112 valence electrons. The van der Waals surface area contributed by atoms with Crippen molar-refractivity contribution < 1.29 is 4.79 Å². The molecule has 1 rings (SSSR count). The molecule has 1 aliphatic carbocycles. The molecule has 0 saturated heterocycles. The monoisotopic (exact) mass is 268 g/mol. The molecule has 1 fully saturated rings. The Morgan fingerprint density at radius 3 is 2.63 bits per heavy atom. The number of carbonyl (C=O) groups is 1. The summed E-state index contributed by atoms with van der Waals surface area (Å²) in [6.07, 6.45) is 6.76. The van der Waals surface area contributed by atoms with Crippen molar-refractivity contribution in [1.82, 2.24) is 10.6 Å². The lowest BCUT2D eigenvalue weighted by molar-refractivity contribution is -0.121. The van der Waals surface area contributed by atoms with E-state index in [9.17, 15) is 4.79 Å². The van der Waals surface area contributed by atoms with Crippen molar-refractivity contribution in [3.8, 4) is 0 Å². The highest BCUT2D eigenvalue weighted by Crippen LogP contribution is 2.30. The Bertz CT molecular complexity index is 265. The predicted octanol–water partition coefficient (Wildman–Crippen LogP) is 2.95. The van der Waals surface area contributed by atoms with Gasteiger partial charge < -0.3 is 10.6 Å². The van der Waals surface area contributed by atoms with Crippen molar-refractivity contribution in [2.24, 2.45) is 17.8 Å². The van der Waals surface area contributed by atoms with E-state index in [4.69, 9.17) is 0 Å². The summed E-state index contributed by atoms with van der Waals surface area (Å²) in [7, 11) is 0. The molecule has 1 amide bonds. The Morgan fingerprint density at radius 2 is 2.00 bits per heavy atom. The molecule has 0 heterocycles. The minimum Gasteiger partial charge on any atom is -0.352 e. The third kappa shape index (κ3) is 6.95. The molecule has 0 aliphatic heterocycles. The second-order valence-corrected chi connectivity index (χ2v) is 6.70. The van der Waals surface area contributed by atoms with Gasteiger partial charge in [-0.2, -0.15) is 0 Å². The van der Waals surface area contributed by atoms with Crippen LogP contribution < -0.4 is 10.6 Å². The first-order valence-electron chi connectivity index (χ1n) is 7.99. The van der Waals surface area contributed by atoms with Gasteiger partial charge in [-0.25, -0.2) is 0 Å². The quantitative estimate of drug-likeness (QED) is 0.697. The Labute approximate surface area is 118 Å². The topological polar surface area (TPSA) is 41.1 Å². The molecule has 19 heavy (non-hydrogen) atoms. The maximum atomic E-state index is 11.7. The Balaban J connectivity index is 2.05. The Kier molecular flexibility index (Phi) is 7.44. The normalized spacial score (nSPS) is 25.3. The summed E-state index contributed by atoms with van der Waals surface area (Å²) in [5.41, 5.74) is 0. The van der Waals surface area contributed by atoms with Crippen LogP contribution in [0.2, 0.25) is 0 Å². The second kappa shape index (κ2) is 8.57. The smallest absolute Gasteiger partial charge is 0.234 e. The van der Waals surface area contributed by atoms with Gasteiger partial charge in [-0.05, 0) is 44.1 Å². The van der Waals surface area contributed by atoms with Gasteiger partial charge in [0, 0.05) is 6.04 Å². The van der Waals surface area contributed by atoms with Crippen LogP contribution in [-0.4, -0.2) is 25.0 Å². The van der Waals surface area contributed by atoms with Gasteiger partial charge in [-0.3, -0.25) is 4.79 Å². The number of nitrogens with one attached hydrogen (secondary N) is 2. The highest BCUT2D eigenvalue weighted by atomic mass is 16.1. The van der Waals surface area contributed by atoms with Gasteiger partial charge in [0.25, 0.3) is 0 Å². The highest BCUT2D eigenvalue weighted by molar-refractivity contribution is 5.78. The first-order chi connectivity index (χ1) is 8.99. The van der Waals surface area contributed by atoms with Gasteiger partial charge in [0.05, 0.1) is 6.54 Å². The minimum absolute atomic E-state index is 0.123. The Morgan fingerprint density at radius 1 is 1.26 bits per heavy atom. The fourth-order valence-electron chi connectivity index (χ4n) is 2.80. The van der Waals surface area contributed by atoms with Crippen molar-refractivity contribution in [3.63, 3.8) is 0 Å².